The molecule has 1 unspecified atom stereocenters. The summed E-state index contributed by atoms with van der Waals surface area (Å²) in [4.78, 5) is 11.0. The number of hydrogen-bond acceptors (Lipinski definition) is 2. The van der Waals surface area contributed by atoms with E-state index in [1.54, 1.807) is 6.20 Å². The van der Waals surface area contributed by atoms with Gasteiger partial charge in [-0.05, 0) is 23.6 Å². The minimum absolute atomic E-state index is 0.572. The standard InChI is InChI=1S/C22H25N5/c1-23-22(26-13-11-20(16-26)18-7-3-2-4-8-18)25-15-19-9-5-6-10-21(19)27-14-12-24-17-27/h2-10,12,14,17,20H,11,13,15-16H2,1H3,(H,23,25). The van der Waals surface area contributed by atoms with Crippen LogP contribution in [0.25, 0.3) is 5.69 Å². The molecule has 0 radical (unpaired) electrons. The Balaban J connectivity index is 1.43. The van der Waals surface area contributed by atoms with Crippen molar-refractivity contribution in [1.82, 2.24) is 19.8 Å². The zero-order valence-electron chi connectivity index (χ0n) is 15.6. The van der Waals surface area contributed by atoms with Crippen molar-refractivity contribution in [2.45, 2.75) is 18.9 Å². The summed E-state index contributed by atoms with van der Waals surface area (Å²) in [6.45, 7) is 2.77. The molecule has 1 saturated heterocycles. The van der Waals surface area contributed by atoms with Crippen molar-refractivity contribution in [3.63, 3.8) is 0 Å². The van der Waals surface area contributed by atoms with Crippen LogP contribution in [-0.4, -0.2) is 40.5 Å². The third kappa shape index (κ3) is 3.87. The molecule has 5 nitrogen and oxygen atoms in total. The Kier molecular flexibility index (Phi) is 5.19. The Hall–Kier alpha value is -3.08. The van der Waals surface area contributed by atoms with Crippen molar-refractivity contribution >= 4 is 5.96 Å². The summed E-state index contributed by atoms with van der Waals surface area (Å²) in [5.41, 5.74) is 3.78. The van der Waals surface area contributed by atoms with E-state index in [1.165, 1.54) is 11.1 Å². The van der Waals surface area contributed by atoms with Gasteiger partial charge in [0.2, 0.25) is 0 Å². The van der Waals surface area contributed by atoms with Crippen LogP contribution < -0.4 is 5.32 Å². The molecule has 5 heteroatoms. The van der Waals surface area contributed by atoms with Crippen LogP contribution in [0.5, 0.6) is 0 Å². The van der Waals surface area contributed by atoms with E-state index < -0.39 is 0 Å². The number of hydrogen-bond donors (Lipinski definition) is 1. The first-order valence-corrected chi connectivity index (χ1v) is 9.42. The van der Waals surface area contributed by atoms with Crippen molar-refractivity contribution in [3.05, 3.63) is 84.4 Å². The highest BCUT2D eigenvalue weighted by Gasteiger charge is 2.25. The van der Waals surface area contributed by atoms with E-state index >= 15 is 0 Å². The molecule has 2 heterocycles. The molecule has 27 heavy (non-hydrogen) atoms. The first-order chi connectivity index (χ1) is 13.3. The van der Waals surface area contributed by atoms with E-state index in [-0.39, 0.29) is 0 Å². The van der Waals surface area contributed by atoms with Gasteiger partial charge in [0, 0.05) is 45.0 Å². The predicted octanol–water partition coefficient (Wildman–Crippen LogP) is 3.44. The maximum absolute atomic E-state index is 4.52. The smallest absolute Gasteiger partial charge is 0.193 e. The molecule has 0 amide bonds. The number of aliphatic imine (C=N–C) groups is 1. The monoisotopic (exact) mass is 359 g/mol. The number of benzene rings is 2. The van der Waals surface area contributed by atoms with Crippen molar-refractivity contribution < 1.29 is 0 Å². The number of likely N-dealkylation sites (tertiary alicyclic amines) is 1. The molecule has 1 aliphatic heterocycles. The van der Waals surface area contributed by atoms with Crippen LogP contribution in [0.1, 0.15) is 23.5 Å². The molecule has 2 aromatic carbocycles. The van der Waals surface area contributed by atoms with Crippen LogP contribution in [0.4, 0.5) is 0 Å². The fourth-order valence-electron chi connectivity index (χ4n) is 3.77. The van der Waals surface area contributed by atoms with Gasteiger partial charge >= 0.3 is 0 Å². The lowest BCUT2D eigenvalue weighted by molar-refractivity contribution is 0.486. The van der Waals surface area contributed by atoms with Crippen LogP contribution in [0.3, 0.4) is 0 Å². The molecule has 3 aromatic rings. The number of aromatic nitrogens is 2. The summed E-state index contributed by atoms with van der Waals surface area (Å²) in [5.74, 6) is 1.54. The maximum Gasteiger partial charge on any atom is 0.193 e. The molecule has 4 rings (SSSR count). The highest BCUT2D eigenvalue weighted by atomic mass is 15.3. The number of para-hydroxylation sites is 1. The quantitative estimate of drug-likeness (QED) is 0.573. The van der Waals surface area contributed by atoms with Crippen molar-refractivity contribution in [3.8, 4) is 5.69 Å². The molecule has 1 aliphatic rings. The molecule has 0 aliphatic carbocycles. The zero-order chi connectivity index (χ0) is 18.5. The van der Waals surface area contributed by atoms with Gasteiger partial charge in [-0.25, -0.2) is 4.98 Å². The van der Waals surface area contributed by atoms with E-state index in [4.69, 9.17) is 0 Å². The van der Waals surface area contributed by atoms with Crippen LogP contribution in [0, 0.1) is 0 Å². The SMILES string of the molecule is CN=C(NCc1ccccc1-n1ccnc1)N1CCC(c2ccccc2)C1. The lowest BCUT2D eigenvalue weighted by atomic mass is 9.99. The minimum atomic E-state index is 0.572. The predicted molar refractivity (Wildman–Crippen MR) is 109 cm³/mol. The Morgan fingerprint density at radius 2 is 1.96 bits per heavy atom. The van der Waals surface area contributed by atoms with Gasteiger partial charge in [0.05, 0.1) is 12.0 Å². The van der Waals surface area contributed by atoms with Gasteiger partial charge in [0.25, 0.3) is 0 Å². The number of imidazole rings is 1. The Morgan fingerprint density at radius 1 is 1.15 bits per heavy atom. The molecule has 1 aromatic heterocycles. The number of nitrogens with zero attached hydrogens (tertiary/aromatic N) is 4. The van der Waals surface area contributed by atoms with Gasteiger partial charge in [-0.3, -0.25) is 4.99 Å². The van der Waals surface area contributed by atoms with Crippen molar-refractivity contribution in [2.24, 2.45) is 4.99 Å². The zero-order valence-corrected chi connectivity index (χ0v) is 15.6. The summed E-state index contributed by atoms with van der Waals surface area (Å²) in [6, 6.07) is 19.2. The van der Waals surface area contributed by atoms with Gasteiger partial charge in [-0.15, -0.1) is 0 Å². The van der Waals surface area contributed by atoms with Gasteiger partial charge in [0.1, 0.15) is 0 Å². The molecule has 0 spiro atoms. The number of nitrogens with one attached hydrogen (secondary N) is 1. The molecular formula is C22H25N5. The van der Waals surface area contributed by atoms with Gasteiger partial charge < -0.3 is 14.8 Å². The van der Waals surface area contributed by atoms with Gasteiger partial charge in [-0.2, -0.15) is 0 Å². The normalized spacial score (nSPS) is 17.3. The fraction of sp³-hybridized carbons (Fsp3) is 0.273. The average molecular weight is 359 g/mol. The van der Waals surface area contributed by atoms with Crippen LogP contribution in [0.15, 0.2) is 78.3 Å². The Morgan fingerprint density at radius 3 is 2.74 bits per heavy atom. The van der Waals surface area contributed by atoms with Crippen LogP contribution in [-0.2, 0) is 6.54 Å². The van der Waals surface area contributed by atoms with Crippen LogP contribution in [0.2, 0.25) is 0 Å². The summed E-state index contributed by atoms with van der Waals surface area (Å²) in [7, 11) is 1.86. The van der Waals surface area contributed by atoms with Crippen LogP contribution >= 0.6 is 0 Å². The highest BCUT2D eigenvalue weighted by molar-refractivity contribution is 5.80. The summed E-state index contributed by atoms with van der Waals surface area (Å²) >= 11 is 0. The summed E-state index contributed by atoms with van der Waals surface area (Å²) < 4.78 is 2.04. The minimum Gasteiger partial charge on any atom is -0.352 e. The molecular weight excluding hydrogens is 334 g/mol. The van der Waals surface area contributed by atoms with E-state index in [0.717, 1.165) is 37.7 Å². The number of rotatable bonds is 4. The first-order valence-electron chi connectivity index (χ1n) is 9.42. The Labute approximate surface area is 160 Å². The second kappa shape index (κ2) is 8.08. The molecule has 1 fully saturated rings. The largest absolute Gasteiger partial charge is 0.352 e. The summed E-state index contributed by atoms with van der Waals surface area (Å²) in [5, 5.41) is 3.54. The third-order valence-electron chi connectivity index (χ3n) is 5.18. The molecule has 0 saturated carbocycles. The van der Waals surface area contributed by atoms with E-state index in [2.05, 4.69) is 74.8 Å². The van der Waals surface area contributed by atoms with Gasteiger partial charge in [-0.1, -0.05) is 48.5 Å². The first kappa shape index (κ1) is 17.3. The molecule has 1 N–H and O–H groups in total. The Bertz CT molecular complexity index is 886. The topological polar surface area (TPSA) is 45.5 Å². The van der Waals surface area contributed by atoms with Crippen molar-refractivity contribution in [2.75, 3.05) is 20.1 Å². The highest BCUT2D eigenvalue weighted by Crippen LogP contribution is 2.27. The second-order valence-electron chi connectivity index (χ2n) is 6.84. The molecule has 1 atom stereocenters. The van der Waals surface area contributed by atoms with E-state index in [9.17, 15) is 0 Å². The van der Waals surface area contributed by atoms with E-state index in [0.29, 0.717) is 5.92 Å². The van der Waals surface area contributed by atoms with Crippen molar-refractivity contribution in [1.29, 1.82) is 0 Å². The third-order valence-corrected chi connectivity index (χ3v) is 5.18. The van der Waals surface area contributed by atoms with E-state index in [1.807, 2.05) is 24.1 Å². The molecule has 138 valence electrons. The maximum atomic E-state index is 4.52. The lowest BCUT2D eigenvalue weighted by Crippen LogP contribution is -2.39. The summed E-state index contributed by atoms with van der Waals surface area (Å²) in [6.07, 6.45) is 6.77. The second-order valence-corrected chi connectivity index (χ2v) is 6.84. The van der Waals surface area contributed by atoms with Gasteiger partial charge in [0.15, 0.2) is 5.96 Å². The fourth-order valence-corrected chi connectivity index (χ4v) is 3.77. The number of guanidine groups is 1. The molecule has 0 bridgehead atoms. The average Bonchev–Trinajstić information content (AvgIpc) is 3.42. The lowest BCUT2D eigenvalue weighted by Gasteiger charge is -2.22.